The van der Waals surface area contributed by atoms with Gasteiger partial charge in [-0.15, -0.1) is 0 Å². The minimum atomic E-state index is -0.433. The number of anilines is 1. The molecular weight excluding hydrogens is 350 g/mol. The number of amides is 1. The zero-order valence-electron chi connectivity index (χ0n) is 16.1. The highest BCUT2D eigenvalue weighted by molar-refractivity contribution is 5.96. The van der Waals surface area contributed by atoms with Crippen molar-refractivity contribution in [2.45, 2.75) is 31.2 Å². The molecule has 4 rings (SSSR count). The summed E-state index contributed by atoms with van der Waals surface area (Å²) < 4.78 is 0. The number of carbonyl (C=O) groups is 2. The number of nitrogens with one attached hydrogen (secondary N) is 1. The van der Waals surface area contributed by atoms with Crippen LogP contribution in [0.25, 0.3) is 0 Å². The number of piperidine rings is 1. The Morgan fingerprint density at radius 2 is 1.61 bits per heavy atom. The Balaban J connectivity index is 1.31. The average Bonchev–Trinajstić information content (AvgIpc) is 3.06. The molecule has 2 fully saturated rings. The molecule has 5 heteroatoms. The quantitative estimate of drug-likeness (QED) is 0.786. The number of likely N-dealkylation sites (tertiary alicyclic amines) is 1. The van der Waals surface area contributed by atoms with Crippen molar-refractivity contribution in [3.63, 3.8) is 0 Å². The summed E-state index contributed by atoms with van der Waals surface area (Å²) in [6.07, 6.45) is 3.07. The van der Waals surface area contributed by atoms with Gasteiger partial charge in [-0.25, -0.2) is 0 Å². The minimum absolute atomic E-state index is 0.148. The molecule has 2 aliphatic rings. The molecule has 2 aromatic rings. The first-order chi connectivity index (χ1) is 13.7. The minimum Gasteiger partial charge on any atom is -0.339 e. The third kappa shape index (κ3) is 3.67. The van der Waals surface area contributed by atoms with Gasteiger partial charge >= 0.3 is 0 Å². The van der Waals surface area contributed by atoms with Crippen LogP contribution in [0.4, 0.5) is 5.69 Å². The number of hydrogen-bond acceptors (Lipinski definition) is 4. The summed E-state index contributed by atoms with van der Waals surface area (Å²) >= 11 is 0. The van der Waals surface area contributed by atoms with Gasteiger partial charge in [0.1, 0.15) is 5.54 Å². The second-order valence-corrected chi connectivity index (χ2v) is 7.69. The largest absolute Gasteiger partial charge is 0.339 e. The van der Waals surface area contributed by atoms with Crippen molar-refractivity contribution in [3.05, 3.63) is 66.2 Å². The monoisotopic (exact) mass is 377 g/mol. The number of para-hydroxylation sites is 1. The third-order valence-corrected chi connectivity index (χ3v) is 6.06. The van der Waals surface area contributed by atoms with Crippen LogP contribution in [-0.2, 0) is 4.79 Å². The molecule has 146 valence electrons. The summed E-state index contributed by atoms with van der Waals surface area (Å²) in [5, 5.41) is 3.04. The number of hydrogen-bond donors (Lipinski definition) is 1. The van der Waals surface area contributed by atoms with E-state index in [2.05, 4.69) is 27.2 Å². The standard InChI is InChI=1S/C23H27N3O2/c27-21(19-8-3-1-4-9-19)12-7-15-25-16-13-23(14-17-25)22(28)24-18-26(23)20-10-5-2-6-11-20/h1-6,8-11H,7,12-18H2,(H,24,28). The van der Waals surface area contributed by atoms with E-state index < -0.39 is 5.54 Å². The first kappa shape index (κ1) is 18.7. The van der Waals surface area contributed by atoms with E-state index in [1.807, 2.05) is 48.5 Å². The van der Waals surface area contributed by atoms with Crippen molar-refractivity contribution in [1.82, 2.24) is 10.2 Å². The number of carbonyl (C=O) groups excluding carboxylic acids is 2. The van der Waals surface area contributed by atoms with E-state index in [0.717, 1.165) is 50.1 Å². The topological polar surface area (TPSA) is 52.7 Å². The second-order valence-electron chi connectivity index (χ2n) is 7.69. The molecule has 0 saturated carbocycles. The smallest absolute Gasteiger partial charge is 0.247 e. The lowest BCUT2D eigenvalue weighted by molar-refractivity contribution is -0.125. The molecule has 0 aromatic heterocycles. The summed E-state index contributed by atoms with van der Waals surface area (Å²) in [4.78, 5) is 29.6. The van der Waals surface area contributed by atoms with Gasteiger partial charge in [-0.2, -0.15) is 0 Å². The van der Waals surface area contributed by atoms with Crippen LogP contribution in [0.2, 0.25) is 0 Å². The lowest BCUT2D eigenvalue weighted by Gasteiger charge is -2.43. The van der Waals surface area contributed by atoms with Gasteiger partial charge in [0.25, 0.3) is 0 Å². The number of benzene rings is 2. The molecule has 5 nitrogen and oxygen atoms in total. The lowest BCUT2D eigenvalue weighted by Crippen LogP contribution is -2.56. The van der Waals surface area contributed by atoms with E-state index in [-0.39, 0.29) is 11.7 Å². The van der Waals surface area contributed by atoms with Crippen molar-refractivity contribution in [3.8, 4) is 0 Å². The van der Waals surface area contributed by atoms with Gasteiger partial charge in [0.15, 0.2) is 5.78 Å². The number of ketones is 1. The SMILES string of the molecule is O=C(CCCN1CCC2(CC1)C(=O)NCN2c1ccccc1)c1ccccc1. The Hall–Kier alpha value is -2.66. The Morgan fingerprint density at radius 3 is 2.29 bits per heavy atom. The first-order valence-corrected chi connectivity index (χ1v) is 10.1. The molecule has 0 radical (unpaired) electrons. The summed E-state index contributed by atoms with van der Waals surface area (Å²) in [7, 11) is 0. The Labute approximate surface area is 166 Å². The van der Waals surface area contributed by atoms with Gasteiger partial charge in [-0.3, -0.25) is 9.59 Å². The van der Waals surface area contributed by atoms with Crippen molar-refractivity contribution in [2.75, 3.05) is 31.2 Å². The molecular formula is C23H27N3O2. The van der Waals surface area contributed by atoms with E-state index in [4.69, 9.17) is 0 Å². The Morgan fingerprint density at radius 1 is 0.964 bits per heavy atom. The predicted octanol–water partition coefficient (Wildman–Crippen LogP) is 3.08. The highest BCUT2D eigenvalue weighted by Gasteiger charge is 2.50. The van der Waals surface area contributed by atoms with Crippen molar-refractivity contribution < 1.29 is 9.59 Å². The molecule has 28 heavy (non-hydrogen) atoms. The van der Waals surface area contributed by atoms with Crippen LogP contribution in [0, 0.1) is 0 Å². The Bertz CT molecular complexity index is 814. The molecule has 2 heterocycles. The highest BCUT2D eigenvalue weighted by Crippen LogP contribution is 2.36. The molecule has 0 bridgehead atoms. The van der Waals surface area contributed by atoms with E-state index in [0.29, 0.717) is 13.1 Å². The molecule has 2 aromatic carbocycles. The van der Waals surface area contributed by atoms with E-state index in [9.17, 15) is 9.59 Å². The fourth-order valence-electron chi connectivity index (χ4n) is 4.41. The first-order valence-electron chi connectivity index (χ1n) is 10.1. The van der Waals surface area contributed by atoms with Crippen molar-refractivity contribution >= 4 is 17.4 Å². The molecule has 1 amide bonds. The maximum absolute atomic E-state index is 12.7. The van der Waals surface area contributed by atoms with Crippen LogP contribution in [0.15, 0.2) is 60.7 Å². The molecule has 2 saturated heterocycles. The number of rotatable bonds is 6. The van der Waals surface area contributed by atoms with E-state index >= 15 is 0 Å². The van der Waals surface area contributed by atoms with Crippen LogP contribution in [0.1, 0.15) is 36.0 Å². The fraction of sp³-hybridized carbons (Fsp3) is 0.391. The van der Waals surface area contributed by atoms with Gasteiger partial charge in [0.05, 0.1) is 6.67 Å². The Kier molecular flexibility index (Phi) is 5.44. The maximum atomic E-state index is 12.7. The van der Waals surface area contributed by atoms with Crippen molar-refractivity contribution in [1.29, 1.82) is 0 Å². The van der Waals surface area contributed by atoms with Gasteiger partial charge in [-0.1, -0.05) is 48.5 Å². The average molecular weight is 377 g/mol. The molecule has 1 N–H and O–H groups in total. The molecule has 2 aliphatic heterocycles. The van der Waals surface area contributed by atoms with Crippen LogP contribution >= 0.6 is 0 Å². The molecule has 1 spiro atoms. The van der Waals surface area contributed by atoms with Crippen LogP contribution in [0.5, 0.6) is 0 Å². The van der Waals surface area contributed by atoms with Crippen LogP contribution < -0.4 is 10.2 Å². The summed E-state index contributed by atoms with van der Waals surface area (Å²) in [5.74, 6) is 0.356. The van der Waals surface area contributed by atoms with Gasteiger partial charge < -0.3 is 15.1 Å². The zero-order valence-corrected chi connectivity index (χ0v) is 16.1. The van der Waals surface area contributed by atoms with Gasteiger partial charge in [-0.05, 0) is 37.9 Å². The normalized spacial score (nSPS) is 19.0. The molecule has 0 unspecified atom stereocenters. The highest BCUT2D eigenvalue weighted by atomic mass is 16.2. The maximum Gasteiger partial charge on any atom is 0.247 e. The van der Waals surface area contributed by atoms with Crippen LogP contribution in [0.3, 0.4) is 0 Å². The van der Waals surface area contributed by atoms with E-state index in [1.165, 1.54) is 0 Å². The summed E-state index contributed by atoms with van der Waals surface area (Å²) in [6, 6.07) is 19.7. The molecule has 0 atom stereocenters. The molecule has 0 aliphatic carbocycles. The fourth-order valence-corrected chi connectivity index (χ4v) is 4.41. The van der Waals surface area contributed by atoms with Gasteiger partial charge in [0, 0.05) is 30.8 Å². The number of Topliss-reactive ketones (excluding diaryl/α,β-unsaturated/α-hetero) is 1. The summed E-state index contributed by atoms with van der Waals surface area (Å²) in [6.45, 7) is 3.25. The summed E-state index contributed by atoms with van der Waals surface area (Å²) in [5.41, 5.74) is 1.46. The second kappa shape index (κ2) is 8.15. The van der Waals surface area contributed by atoms with Crippen molar-refractivity contribution in [2.24, 2.45) is 0 Å². The van der Waals surface area contributed by atoms with Gasteiger partial charge in [0.2, 0.25) is 5.91 Å². The predicted molar refractivity (Wildman–Crippen MR) is 110 cm³/mol. The third-order valence-electron chi connectivity index (χ3n) is 6.06. The zero-order chi connectivity index (χ0) is 19.4. The number of nitrogens with zero attached hydrogens (tertiary/aromatic N) is 2. The van der Waals surface area contributed by atoms with E-state index in [1.54, 1.807) is 0 Å². The van der Waals surface area contributed by atoms with Crippen LogP contribution in [-0.4, -0.2) is 48.4 Å². The lowest BCUT2D eigenvalue weighted by atomic mass is 9.85.